The number of oxazole rings is 1. The Morgan fingerprint density at radius 2 is 2.08 bits per heavy atom. The Kier molecular flexibility index (Phi) is 4.03. The van der Waals surface area contributed by atoms with Crippen molar-refractivity contribution >= 4 is 22.9 Å². The van der Waals surface area contributed by atoms with Crippen molar-refractivity contribution in [3.63, 3.8) is 0 Å². The van der Waals surface area contributed by atoms with E-state index in [2.05, 4.69) is 9.88 Å². The Morgan fingerprint density at radius 3 is 2.75 bits per heavy atom. The largest absolute Gasteiger partial charge is 0.444 e. The van der Waals surface area contributed by atoms with E-state index < -0.39 is 11.4 Å². The van der Waals surface area contributed by atoms with Crippen LogP contribution in [0, 0.1) is 0 Å². The zero-order chi connectivity index (χ0) is 17.5. The highest BCUT2D eigenvalue weighted by atomic mass is 16.6. The third kappa shape index (κ3) is 3.39. The van der Waals surface area contributed by atoms with E-state index in [4.69, 9.17) is 9.15 Å². The normalized spacial score (nSPS) is 18.9. The first-order valence-corrected chi connectivity index (χ1v) is 8.10. The SMILES string of the molecule is C[C@H]1CN(c2ccc3[nH]c(=O)oc3c2)CCN1C(=O)OC(C)(C)C. The smallest absolute Gasteiger partial charge is 0.417 e. The molecule has 1 fully saturated rings. The number of aromatic amines is 1. The fourth-order valence-corrected chi connectivity index (χ4v) is 2.91. The zero-order valence-corrected chi connectivity index (χ0v) is 14.5. The first-order chi connectivity index (χ1) is 11.2. The van der Waals surface area contributed by atoms with Crippen LogP contribution in [0.15, 0.2) is 27.4 Å². The summed E-state index contributed by atoms with van der Waals surface area (Å²) in [5, 5.41) is 0. The van der Waals surface area contributed by atoms with Crippen molar-refractivity contribution in [2.24, 2.45) is 0 Å². The third-order valence-electron chi connectivity index (χ3n) is 4.03. The van der Waals surface area contributed by atoms with Gasteiger partial charge >= 0.3 is 11.8 Å². The van der Waals surface area contributed by atoms with Gasteiger partial charge in [0.2, 0.25) is 0 Å². The van der Waals surface area contributed by atoms with Crippen LogP contribution in [0.3, 0.4) is 0 Å². The molecule has 130 valence electrons. The van der Waals surface area contributed by atoms with Gasteiger partial charge in [0.05, 0.1) is 5.52 Å². The van der Waals surface area contributed by atoms with Gasteiger partial charge in [0, 0.05) is 37.4 Å². The number of aromatic nitrogens is 1. The number of nitrogens with one attached hydrogen (secondary N) is 1. The highest BCUT2D eigenvalue weighted by Gasteiger charge is 2.31. The molecule has 1 N–H and O–H groups in total. The molecule has 0 unspecified atom stereocenters. The fraction of sp³-hybridized carbons (Fsp3) is 0.529. The van der Waals surface area contributed by atoms with Crippen molar-refractivity contribution in [3.8, 4) is 0 Å². The van der Waals surface area contributed by atoms with Crippen LogP contribution in [0.1, 0.15) is 27.7 Å². The van der Waals surface area contributed by atoms with Gasteiger partial charge in [-0.3, -0.25) is 4.98 Å². The summed E-state index contributed by atoms with van der Waals surface area (Å²) >= 11 is 0. The van der Waals surface area contributed by atoms with Crippen LogP contribution in [0.5, 0.6) is 0 Å². The number of anilines is 1. The van der Waals surface area contributed by atoms with E-state index in [-0.39, 0.29) is 12.1 Å². The quantitative estimate of drug-likeness (QED) is 0.868. The lowest BCUT2D eigenvalue weighted by molar-refractivity contribution is 0.0159. The minimum Gasteiger partial charge on any atom is -0.444 e. The molecule has 2 aromatic rings. The second kappa shape index (κ2) is 5.89. The number of piperazine rings is 1. The first kappa shape index (κ1) is 16.4. The number of rotatable bonds is 1. The predicted molar refractivity (Wildman–Crippen MR) is 91.4 cm³/mol. The number of ether oxygens (including phenoxy) is 1. The van der Waals surface area contributed by atoms with Gasteiger partial charge in [-0.05, 0) is 39.8 Å². The standard InChI is InChI=1S/C17H23N3O4/c1-11-10-19(7-8-20(11)16(22)24-17(2,3)4)12-5-6-13-14(9-12)23-15(21)18-13/h5-6,9,11H,7-8,10H2,1-4H3,(H,18,21)/t11-/m0/s1. The highest BCUT2D eigenvalue weighted by Crippen LogP contribution is 2.24. The lowest BCUT2D eigenvalue weighted by atomic mass is 10.1. The van der Waals surface area contributed by atoms with Crippen molar-refractivity contribution < 1.29 is 13.9 Å². The lowest BCUT2D eigenvalue weighted by Gasteiger charge is -2.41. The molecule has 2 heterocycles. The second-order valence-corrected chi connectivity index (χ2v) is 7.16. The molecule has 1 aromatic carbocycles. The van der Waals surface area contributed by atoms with E-state index in [1.165, 1.54) is 0 Å². The number of benzene rings is 1. The average Bonchev–Trinajstić information content (AvgIpc) is 2.84. The van der Waals surface area contributed by atoms with Crippen LogP contribution in [0.4, 0.5) is 10.5 Å². The van der Waals surface area contributed by atoms with Gasteiger partial charge in [0.25, 0.3) is 0 Å². The Hall–Kier alpha value is -2.44. The molecule has 1 aromatic heterocycles. The van der Waals surface area contributed by atoms with Crippen LogP contribution >= 0.6 is 0 Å². The minimum absolute atomic E-state index is 0.0301. The third-order valence-corrected chi connectivity index (χ3v) is 4.03. The average molecular weight is 333 g/mol. The summed E-state index contributed by atoms with van der Waals surface area (Å²) in [5.74, 6) is -0.453. The molecular formula is C17H23N3O4. The number of H-pyrrole nitrogens is 1. The van der Waals surface area contributed by atoms with E-state index in [1.807, 2.05) is 45.9 Å². The molecule has 0 bridgehead atoms. The van der Waals surface area contributed by atoms with E-state index >= 15 is 0 Å². The molecule has 7 heteroatoms. The van der Waals surface area contributed by atoms with Crippen LogP contribution in [-0.4, -0.2) is 47.3 Å². The summed E-state index contributed by atoms with van der Waals surface area (Å²) in [6.45, 7) is 9.59. The Labute approximate surface area is 140 Å². The number of hydrogen-bond acceptors (Lipinski definition) is 5. The molecule has 7 nitrogen and oxygen atoms in total. The van der Waals surface area contributed by atoms with E-state index in [0.717, 1.165) is 5.69 Å². The number of carbonyl (C=O) groups is 1. The van der Waals surface area contributed by atoms with Crippen molar-refractivity contribution in [1.29, 1.82) is 0 Å². The molecule has 1 atom stereocenters. The fourth-order valence-electron chi connectivity index (χ4n) is 2.91. The first-order valence-electron chi connectivity index (χ1n) is 8.10. The summed E-state index contributed by atoms with van der Waals surface area (Å²) in [5.41, 5.74) is 1.70. The maximum absolute atomic E-state index is 12.3. The van der Waals surface area contributed by atoms with Gasteiger partial charge in [-0.25, -0.2) is 9.59 Å². The van der Waals surface area contributed by atoms with Crippen LogP contribution in [0.25, 0.3) is 11.1 Å². The number of hydrogen-bond donors (Lipinski definition) is 1. The molecule has 0 radical (unpaired) electrons. The molecular weight excluding hydrogens is 310 g/mol. The van der Waals surface area contributed by atoms with Crippen molar-refractivity contribution in [1.82, 2.24) is 9.88 Å². The van der Waals surface area contributed by atoms with Gasteiger partial charge in [-0.15, -0.1) is 0 Å². The zero-order valence-electron chi connectivity index (χ0n) is 14.5. The molecule has 1 aliphatic heterocycles. The summed E-state index contributed by atoms with van der Waals surface area (Å²) in [6, 6.07) is 5.66. The number of fused-ring (bicyclic) bond motifs is 1. The number of amides is 1. The summed E-state index contributed by atoms with van der Waals surface area (Å²) < 4.78 is 10.6. The molecule has 0 aliphatic carbocycles. The maximum atomic E-state index is 12.3. The van der Waals surface area contributed by atoms with Gasteiger partial charge in [-0.2, -0.15) is 0 Å². The Bertz CT molecular complexity index is 802. The predicted octanol–water partition coefficient (Wildman–Crippen LogP) is 2.57. The molecule has 1 saturated heterocycles. The maximum Gasteiger partial charge on any atom is 0.417 e. The van der Waals surface area contributed by atoms with Crippen LogP contribution in [0.2, 0.25) is 0 Å². The number of nitrogens with zero attached hydrogens (tertiary/aromatic N) is 2. The molecule has 1 aliphatic rings. The van der Waals surface area contributed by atoms with Gasteiger partial charge in [0.1, 0.15) is 5.60 Å². The topological polar surface area (TPSA) is 78.8 Å². The van der Waals surface area contributed by atoms with Gasteiger partial charge in [-0.1, -0.05) is 0 Å². The van der Waals surface area contributed by atoms with Crippen LogP contribution < -0.4 is 10.7 Å². The Balaban J connectivity index is 1.72. The number of carbonyl (C=O) groups excluding carboxylic acids is 1. The molecule has 0 saturated carbocycles. The summed E-state index contributed by atoms with van der Waals surface area (Å²) in [7, 11) is 0. The molecule has 0 spiro atoms. The van der Waals surface area contributed by atoms with Crippen molar-refractivity contribution in [2.75, 3.05) is 24.5 Å². The van der Waals surface area contributed by atoms with Crippen molar-refractivity contribution in [2.45, 2.75) is 39.3 Å². The van der Waals surface area contributed by atoms with Gasteiger partial charge in [0.15, 0.2) is 5.58 Å². The minimum atomic E-state index is -0.495. The Morgan fingerprint density at radius 1 is 1.33 bits per heavy atom. The molecule has 24 heavy (non-hydrogen) atoms. The second-order valence-electron chi connectivity index (χ2n) is 7.16. The lowest BCUT2D eigenvalue weighted by Crippen LogP contribution is -2.55. The molecule has 1 amide bonds. The molecule has 3 rings (SSSR count). The summed E-state index contributed by atoms with van der Waals surface area (Å²) in [4.78, 5) is 30.1. The highest BCUT2D eigenvalue weighted by molar-refractivity contribution is 5.77. The van der Waals surface area contributed by atoms with Crippen LogP contribution in [-0.2, 0) is 4.74 Å². The summed E-state index contributed by atoms with van der Waals surface area (Å²) in [6.07, 6.45) is -0.276. The van der Waals surface area contributed by atoms with Gasteiger partial charge < -0.3 is 19.0 Å². The van der Waals surface area contributed by atoms with E-state index in [1.54, 1.807) is 4.90 Å². The van der Waals surface area contributed by atoms with Crippen molar-refractivity contribution in [3.05, 3.63) is 28.7 Å². The van der Waals surface area contributed by atoms with E-state index in [0.29, 0.717) is 30.7 Å². The monoisotopic (exact) mass is 333 g/mol. The van der Waals surface area contributed by atoms with E-state index in [9.17, 15) is 9.59 Å².